The summed E-state index contributed by atoms with van der Waals surface area (Å²) in [6.07, 6.45) is 0. The molecule has 0 amide bonds. The normalized spacial score (nSPS) is 12.0. The molecule has 1 heterocycles. The van der Waals surface area contributed by atoms with E-state index in [0.29, 0.717) is 0 Å². The third kappa shape index (κ3) is 3.40. The smallest absolute Gasteiger partial charge is 0.0575 e. The summed E-state index contributed by atoms with van der Waals surface area (Å²) in [6.45, 7) is 0. The summed E-state index contributed by atoms with van der Waals surface area (Å²) >= 11 is 0. The van der Waals surface area contributed by atoms with Crippen LogP contribution in [0.4, 0.5) is 0 Å². The largest absolute Gasteiger partial charge is 0.343 e. The van der Waals surface area contributed by atoms with Crippen LogP contribution in [0.2, 0.25) is 0 Å². The number of rotatable bonds is 1. The summed E-state index contributed by atoms with van der Waals surface area (Å²) < 4.78 is 2.40. The topological polar surface area (TPSA) is 4.93 Å². The molecule has 1 aromatic heterocycles. The maximum absolute atomic E-state index is 2.44. The molecule has 8 aromatic carbocycles. The molecule has 0 bridgehead atoms. The Morgan fingerprint density at radius 1 is 0.326 bits per heavy atom. The summed E-state index contributed by atoms with van der Waals surface area (Å²) in [6, 6.07) is 58.3. The molecule has 214 valence electrons. The zero-order chi connectivity index (χ0) is 30.4. The van der Waals surface area contributed by atoms with Crippen LogP contribution in [0.15, 0.2) is 158 Å². The van der Waals surface area contributed by atoms with Crippen LogP contribution in [-0.4, -0.2) is 4.57 Å². The molecular weight excluding hydrogens is 555 g/mol. The van der Waals surface area contributed by atoms with Gasteiger partial charge in [0.05, 0.1) is 5.52 Å². The van der Waals surface area contributed by atoms with Crippen molar-refractivity contribution >= 4 is 43.4 Å². The van der Waals surface area contributed by atoms with Crippen molar-refractivity contribution in [2.75, 3.05) is 0 Å². The maximum Gasteiger partial charge on any atom is 0.0575 e. The summed E-state index contributed by atoms with van der Waals surface area (Å²) in [5.41, 5.74) is 15.2. The van der Waals surface area contributed by atoms with Crippen molar-refractivity contribution in [3.05, 3.63) is 158 Å². The number of hydrogen-bond acceptors (Lipinski definition) is 0. The highest BCUT2D eigenvalue weighted by atomic mass is 14.9. The molecule has 1 aliphatic rings. The second-order valence-electron chi connectivity index (χ2n) is 12.5. The molecule has 0 radical (unpaired) electrons. The van der Waals surface area contributed by atoms with Crippen LogP contribution >= 0.6 is 0 Å². The van der Waals surface area contributed by atoms with Crippen molar-refractivity contribution in [1.29, 1.82) is 0 Å². The van der Waals surface area contributed by atoms with Crippen molar-refractivity contribution in [2.24, 2.45) is 7.05 Å². The molecular formula is C45H29N. The first-order chi connectivity index (χ1) is 22.8. The van der Waals surface area contributed by atoms with Gasteiger partial charge in [0.1, 0.15) is 0 Å². The first-order valence-electron chi connectivity index (χ1n) is 16.0. The summed E-state index contributed by atoms with van der Waals surface area (Å²) in [4.78, 5) is 0. The summed E-state index contributed by atoms with van der Waals surface area (Å²) in [5, 5.41) is 7.84. The van der Waals surface area contributed by atoms with Crippen molar-refractivity contribution in [3.8, 4) is 55.6 Å². The Morgan fingerprint density at radius 3 is 1.35 bits per heavy atom. The van der Waals surface area contributed by atoms with Gasteiger partial charge in [-0.3, -0.25) is 0 Å². The minimum Gasteiger partial charge on any atom is -0.343 e. The molecule has 46 heavy (non-hydrogen) atoms. The second kappa shape index (κ2) is 9.54. The van der Waals surface area contributed by atoms with Crippen LogP contribution < -0.4 is 0 Å². The van der Waals surface area contributed by atoms with Crippen molar-refractivity contribution < 1.29 is 0 Å². The molecule has 1 nitrogen and oxygen atoms in total. The van der Waals surface area contributed by atoms with E-state index in [-0.39, 0.29) is 0 Å². The Hall–Kier alpha value is -5.92. The first kappa shape index (κ1) is 25.4. The van der Waals surface area contributed by atoms with E-state index in [1.807, 2.05) is 0 Å². The number of aryl methyl sites for hydroxylation is 1. The number of aromatic nitrogens is 1. The van der Waals surface area contributed by atoms with Crippen molar-refractivity contribution in [2.45, 2.75) is 0 Å². The number of nitrogens with zero attached hydrogens (tertiary/aromatic N) is 1. The van der Waals surface area contributed by atoms with Gasteiger partial charge < -0.3 is 4.57 Å². The first-order valence-corrected chi connectivity index (χ1v) is 16.0. The van der Waals surface area contributed by atoms with Crippen molar-refractivity contribution in [3.63, 3.8) is 0 Å². The third-order valence-electron chi connectivity index (χ3n) is 10.2. The fourth-order valence-electron chi connectivity index (χ4n) is 8.20. The lowest BCUT2D eigenvalue weighted by atomic mass is 9.80. The highest BCUT2D eigenvalue weighted by molar-refractivity contribution is 6.33. The van der Waals surface area contributed by atoms with E-state index in [4.69, 9.17) is 0 Å². The highest BCUT2D eigenvalue weighted by Gasteiger charge is 2.23. The van der Waals surface area contributed by atoms with Gasteiger partial charge in [0, 0.05) is 28.7 Å². The molecule has 0 spiro atoms. The van der Waals surface area contributed by atoms with Gasteiger partial charge in [0.25, 0.3) is 0 Å². The Labute approximate surface area is 267 Å². The number of hydrogen-bond donors (Lipinski definition) is 0. The fourth-order valence-corrected chi connectivity index (χ4v) is 8.20. The highest BCUT2D eigenvalue weighted by Crippen LogP contribution is 2.49. The maximum atomic E-state index is 2.44. The molecule has 0 fully saturated rings. The van der Waals surface area contributed by atoms with Crippen molar-refractivity contribution in [1.82, 2.24) is 4.57 Å². The Balaban J connectivity index is 1.33. The average Bonchev–Trinajstić information content (AvgIpc) is 3.43. The minimum atomic E-state index is 1.23. The van der Waals surface area contributed by atoms with E-state index in [0.717, 1.165) is 0 Å². The number of fused-ring (bicyclic) bond motifs is 16. The van der Waals surface area contributed by atoms with Gasteiger partial charge in [-0.2, -0.15) is 0 Å². The zero-order valence-electron chi connectivity index (χ0n) is 25.5. The van der Waals surface area contributed by atoms with Crippen LogP contribution in [-0.2, 0) is 7.05 Å². The molecule has 0 atom stereocenters. The van der Waals surface area contributed by atoms with Crippen LogP contribution in [0.25, 0.3) is 99.0 Å². The summed E-state index contributed by atoms with van der Waals surface area (Å²) in [7, 11) is 2.22. The predicted octanol–water partition coefficient (Wildman–Crippen LogP) is 12.3. The molecule has 0 N–H and O–H groups in total. The van der Waals surface area contributed by atoms with Crippen LogP contribution in [0, 0.1) is 0 Å². The van der Waals surface area contributed by atoms with Gasteiger partial charge in [0.15, 0.2) is 0 Å². The van der Waals surface area contributed by atoms with Crippen LogP contribution in [0.3, 0.4) is 0 Å². The quantitative estimate of drug-likeness (QED) is 0.169. The summed E-state index contributed by atoms with van der Waals surface area (Å²) in [5.74, 6) is 0. The fraction of sp³-hybridized carbons (Fsp3) is 0.0222. The molecule has 10 rings (SSSR count). The molecule has 9 aromatic rings. The SMILES string of the molecule is Cn1c2cccc(-c3ccc4c(c3)-c3ccccc3-c3ccccc3-c3ccccc3-4)c2c2c3ccccc3c3ccccc3c21. The van der Waals surface area contributed by atoms with E-state index < -0.39 is 0 Å². The lowest BCUT2D eigenvalue weighted by molar-refractivity contribution is 1.02. The Morgan fingerprint density at radius 2 is 0.761 bits per heavy atom. The Bertz CT molecular complexity index is 2700. The Kier molecular flexibility index (Phi) is 5.27. The molecule has 0 aliphatic heterocycles. The van der Waals surface area contributed by atoms with E-state index in [9.17, 15) is 0 Å². The van der Waals surface area contributed by atoms with Gasteiger partial charge in [-0.25, -0.2) is 0 Å². The van der Waals surface area contributed by atoms with Gasteiger partial charge in [-0.05, 0) is 83.9 Å². The molecule has 1 heteroatoms. The van der Waals surface area contributed by atoms with Crippen LogP contribution in [0.1, 0.15) is 0 Å². The predicted molar refractivity (Wildman–Crippen MR) is 196 cm³/mol. The number of benzene rings is 8. The average molecular weight is 584 g/mol. The lowest BCUT2D eigenvalue weighted by Gasteiger charge is -2.23. The molecule has 0 saturated carbocycles. The van der Waals surface area contributed by atoms with E-state index in [2.05, 4.69) is 169 Å². The van der Waals surface area contributed by atoms with Gasteiger partial charge >= 0.3 is 0 Å². The van der Waals surface area contributed by atoms with E-state index in [1.165, 1.54) is 99.0 Å². The van der Waals surface area contributed by atoms with E-state index in [1.54, 1.807) is 0 Å². The third-order valence-corrected chi connectivity index (χ3v) is 10.2. The van der Waals surface area contributed by atoms with Gasteiger partial charge in [-0.15, -0.1) is 0 Å². The minimum absolute atomic E-state index is 1.23. The second-order valence-corrected chi connectivity index (χ2v) is 12.5. The van der Waals surface area contributed by atoms with Gasteiger partial charge in [-0.1, -0.05) is 146 Å². The molecule has 0 saturated heterocycles. The van der Waals surface area contributed by atoms with E-state index >= 15 is 0 Å². The lowest BCUT2D eigenvalue weighted by Crippen LogP contribution is -1.97. The molecule has 0 unspecified atom stereocenters. The standard InChI is InChI=1S/C45H29N/c1-46-42-24-12-23-29(43(42)44-39-21-10-8-18-35(39)36-19-9-11-22-40(36)45(44)46)28-25-26-38-34-17-5-4-15-32(34)30-13-2-3-14-31(30)33-16-6-7-20-37(33)41(38)27-28/h2-27H,1H3. The molecule has 1 aliphatic carbocycles. The zero-order valence-corrected chi connectivity index (χ0v) is 25.5. The van der Waals surface area contributed by atoms with Crippen LogP contribution in [0.5, 0.6) is 0 Å². The van der Waals surface area contributed by atoms with Gasteiger partial charge in [0.2, 0.25) is 0 Å². The monoisotopic (exact) mass is 583 g/mol.